The van der Waals surface area contributed by atoms with Crippen LogP contribution < -0.4 is 0 Å². The van der Waals surface area contributed by atoms with E-state index < -0.39 is 0 Å². The molecule has 0 aromatic heterocycles. The molecule has 0 spiro atoms. The molecule has 0 heterocycles. The van der Waals surface area contributed by atoms with Gasteiger partial charge in [0.25, 0.3) is 0 Å². The summed E-state index contributed by atoms with van der Waals surface area (Å²) in [5.41, 5.74) is 0. The summed E-state index contributed by atoms with van der Waals surface area (Å²) in [5.74, 6) is 0. The maximum atomic E-state index is 9.52. The third kappa shape index (κ3) is 7.56. The first kappa shape index (κ1) is 8.56. The predicted molar refractivity (Wildman–Crippen MR) is 38.0 cm³/mol. The Morgan fingerprint density at radius 1 is 1.78 bits per heavy atom. The van der Waals surface area contributed by atoms with Crippen LogP contribution in [0.4, 0.5) is 0 Å². The first-order chi connectivity index (χ1) is 4.41. The molecule has 0 amide bonds. The quantitative estimate of drug-likeness (QED) is 0.234. The van der Waals surface area contributed by atoms with E-state index in [1.165, 1.54) is 6.08 Å². The average molecular weight is 145 g/mol. The van der Waals surface area contributed by atoms with E-state index in [4.69, 9.17) is 4.43 Å². The summed E-state index contributed by atoms with van der Waals surface area (Å²) in [6.45, 7) is 3.35. The molecule has 52 valence electrons. The second-order valence-corrected chi connectivity index (χ2v) is 3.05. The summed E-state index contributed by atoms with van der Waals surface area (Å²) in [4.78, 5) is 12.9. The lowest BCUT2D eigenvalue weighted by molar-refractivity contribution is 0.360. The lowest BCUT2D eigenvalue weighted by atomic mass is 10.8. The van der Waals surface area contributed by atoms with Crippen molar-refractivity contribution in [3.8, 4) is 0 Å². The van der Waals surface area contributed by atoms with E-state index in [-0.39, 0.29) is 9.76 Å². The van der Waals surface area contributed by atoms with Gasteiger partial charge in [-0.25, -0.2) is 9.79 Å². The Bertz CT molecular complexity index is 101. The van der Waals surface area contributed by atoms with Crippen LogP contribution in [0.15, 0.2) is 4.99 Å². The monoisotopic (exact) mass is 145 g/mol. The van der Waals surface area contributed by atoms with Crippen molar-refractivity contribution in [1.82, 2.24) is 0 Å². The van der Waals surface area contributed by atoms with E-state index in [9.17, 15) is 4.79 Å². The van der Waals surface area contributed by atoms with E-state index in [1.807, 2.05) is 6.92 Å². The molecule has 0 unspecified atom stereocenters. The van der Waals surface area contributed by atoms with Crippen LogP contribution >= 0.6 is 0 Å². The van der Waals surface area contributed by atoms with Gasteiger partial charge < -0.3 is 4.43 Å². The fraction of sp³-hybridized carbons (Fsp3) is 0.800. The van der Waals surface area contributed by atoms with E-state index in [2.05, 4.69) is 4.99 Å². The third-order valence-corrected chi connectivity index (χ3v) is 2.13. The zero-order valence-electron chi connectivity index (χ0n) is 5.59. The van der Waals surface area contributed by atoms with Crippen LogP contribution in [0.2, 0.25) is 6.04 Å². The van der Waals surface area contributed by atoms with E-state index in [0.717, 1.165) is 12.7 Å². The van der Waals surface area contributed by atoms with Crippen LogP contribution in [0.25, 0.3) is 0 Å². The number of carbonyl (C=O) groups excluding carboxylic acids is 1. The Hall–Kier alpha value is -0.443. The van der Waals surface area contributed by atoms with Crippen molar-refractivity contribution in [1.29, 1.82) is 0 Å². The smallest absolute Gasteiger partial charge is 0.234 e. The molecule has 0 rings (SSSR count). The topological polar surface area (TPSA) is 38.7 Å². The zero-order chi connectivity index (χ0) is 6.95. The first-order valence-corrected chi connectivity index (χ1v) is 4.61. The molecule has 0 aromatic rings. The summed E-state index contributed by atoms with van der Waals surface area (Å²) >= 11 is 0. The molecule has 0 atom stereocenters. The highest BCUT2D eigenvalue weighted by atomic mass is 28.2. The van der Waals surface area contributed by atoms with Gasteiger partial charge in [0.2, 0.25) is 6.08 Å². The Labute approximate surface area is 57.1 Å². The van der Waals surface area contributed by atoms with Crippen LogP contribution in [0.5, 0.6) is 0 Å². The lowest BCUT2D eigenvalue weighted by Crippen LogP contribution is -1.98. The Balaban J connectivity index is 2.82. The minimum Gasteiger partial charge on any atom is -0.424 e. The SMILES string of the molecule is CCO[SiH2]CCN=C=O. The van der Waals surface area contributed by atoms with Crippen molar-refractivity contribution >= 4 is 15.8 Å². The van der Waals surface area contributed by atoms with E-state index in [0.29, 0.717) is 6.54 Å². The van der Waals surface area contributed by atoms with Gasteiger partial charge in [-0.1, -0.05) is 0 Å². The number of isocyanates is 1. The highest BCUT2D eigenvalue weighted by Crippen LogP contribution is 1.80. The fourth-order valence-corrected chi connectivity index (χ4v) is 1.22. The molecular formula is C5H11NO2Si. The Morgan fingerprint density at radius 3 is 3.11 bits per heavy atom. The van der Waals surface area contributed by atoms with Gasteiger partial charge in [-0.3, -0.25) is 0 Å². The fourth-order valence-electron chi connectivity index (χ4n) is 0.436. The molecule has 0 saturated carbocycles. The van der Waals surface area contributed by atoms with Gasteiger partial charge in [-0.15, -0.1) is 0 Å². The second-order valence-electron chi connectivity index (χ2n) is 1.52. The van der Waals surface area contributed by atoms with Crippen LogP contribution in [-0.4, -0.2) is 29.0 Å². The largest absolute Gasteiger partial charge is 0.424 e. The summed E-state index contributed by atoms with van der Waals surface area (Å²) < 4.78 is 5.13. The second kappa shape index (κ2) is 7.56. The minimum absolute atomic E-state index is 0.382. The van der Waals surface area contributed by atoms with Crippen molar-refractivity contribution in [3.05, 3.63) is 0 Å². The highest BCUT2D eigenvalue weighted by Gasteiger charge is 1.84. The number of rotatable bonds is 5. The van der Waals surface area contributed by atoms with Gasteiger partial charge in [0.05, 0.1) is 6.54 Å². The van der Waals surface area contributed by atoms with Gasteiger partial charge in [-0.05, 0) is 13.0 Å². The molecule has 4 heteroatoms. The predicted octanol–water partition coefficient (Wildman–Crippen LogP) is -0.139. The summed E-state index contributed by atoms with van der Waals surface area (Å²) in [6.07, 6.45) is 1.49. The molecule has 0 fully saturated rings. The van der Waals surface area contributed by atoms with E-state index >= 15 is 0 Å². The molecule has 0 aromatic carbocycles. The van der Waals surface area contributed by atoms with Crippen LogP contribution in [0, 0.1) is 0 Å². The van der Waals surface area contributed by atoms with Crippen molar-refractivity contribution in [2.75, 3.05) is 13.2 Å². The van der Waals surface area contributed by atoms with Gasteiger partial charge in [0.1, 0.15) is 0 Å². The Kier molecular flexibility index (Phi) is 7.18. The summed E-state index contributed by atoms with van der Waals surface area (Å²) in [7, 11) is -0.382. The number of aliphatic imine (C=N–C) groups is 1. The van der Waals surface area contributed by atoms with Crippen LogP contribution in [0.1, 0.15) is 6.92 Å². The highest BCUT2D eigenvalue weighted by molar-refractivity contribution is 6.27. The van der Waals surface area contributed by atoms with Crippen LogP contribution in [0.3, 0.4) is 0 Å². The molecule has 0 radical (unpaired) electrons. The number of nitrogens with zero attached hydrogens (tertiary/aromatic N) is 1. The summed E-state index contributed by atoms with van der Waals surface area (Å²) in [5, 5.41) is 0. The maximum absolute atomic E-state index is 9.52. The van der Waals surface area contributed by atoms with Gasteiger partial charge in [0, 0.05) is 6.61 Å². The van der Waals surface area contributed by atoms with Gasteiger partial charge >= 0.3 is 0 Å². The summed E-state index contributed by atoms with van der Waals surface area (Å²) in [6, 6.07) is 0.948. The van der Waals surface area contributed by atoms with Crippen molar-refractivity contribution in [3.63, 3.8) is 0 Å². The normalized spacial score (nSPS) is 9.89. The molecule has 0 aliphatic rings. The molecule has 3 nitrogen and oxygen atoms in total. The van der Waals surface area contributed by atoms with Gasteiger partial charge in [-0.2, -0.15) is 0 Å². The molecule has 9 heavy (non-hydrogen) atoms. The molecular weight excluding hydrogens is 134 g/mol. The zero-order valence-corrected chi connectivity index (χ0v) is 7.01. The average Bonchev–Trinajstić information content (AvgIpc) is 1.89. The van der Waals surface area contributed by atoms with Crippen molar-refractivity contribution in [2.45, 2.75) is 13.0 Å². The number of hydrogen-bond acceptors (Lipinski definition) is 3. The lowest BCUT2D eigenvalue weighted by Gasteiger charge is -1.93. The Morgan fingerprint density at radius 2 is 2.56 bits per heavy atom. The van der Waals surface area contributed by atoms with Crippen molar-refractivity contribution in [2.24, 2.45) is 4.99 Å². The van der Waals surface area contributed by atoms with E-state index in [1.54, 1.807) is 0 Å². The number of hydrogen-bond donors (Lipinski definition) is 0. The third-order valence-electron chi connectivity index (χ3n) is 0.827. The molecule has 0 saturated heterocycles. The maximum Gasteiger partial charge on any atom is 0.234 e. The van der Waals surface area contributed by atoms with Crippen molar-refractivity contribution < 1.29 is 9.22 Å². The van der Waals surface area contributed by atoms with Gasteiger partial charge in [0.15, 0.2) is 9.76 Å². The first-order valence-electron chi connectivity index (χ1n) is 3.03. The minimum atomic E-state index is -0.382. The molecule has 0 bridgehead atoms. The standard InChI is InChI=1S/C5H11NO2Si/c1-2-8-9-4-3-6-5-7/h2-4,9H2,1H3. The van der Waals surface area contributed by atoms with Crippen LogP contribution in [-0.2, 0) is 9.22 Å². The molecule has 0 aliphatic heterocycles. The molecule has 0 aliphatic carbocycles. The molecule has 0 N–H and O–H groups in total.